The first-order chi connectivity index (χ1) is 6.95. The Morgan fingerprint density at radius 3 is 1.88 bits per heavy atom. The van der Waals surface area contributed by atoms with Gasteiger partial charge in [0.1, 0.15) is 0 Å². The molecule has 0 fully saturated rings. The second-order valence-corrected chi connectivity index (χ2v) is 4.63. The summed E-state index contributed by atoms with van der Waals surface area (Å²) in [4.78, 5) is 0. The van der Waals surface area contributed by atoms with Gasteiger partial charge in [0.15, 0.2) is 0 Å². The number of hydrogen-bond acceptors (Lipinski definition) is 0. The first kappa shape index (κ1) is 19.2. The average Bonchev–Trinajstić information content (AvgIpc) is 2.76. The van der Waals surface area contributed by atoms with E-state index in [0.717, 1.165) is 6.42 Å². The maximum atomic E-state index is 3.44. The molecule has 0 saturated heterocycles. The summed E-state index contributed by atoms with van der Waals surface area (Å²) in [5.41, 5.74) is 4.39. The smallest absolute Gasteiger partial charge is 0.358 e. The van der Waals surface area contributed by atoms with Crippen LogP contribution in [0.15, 0.2) is 34.9 Å². The van der Waals surface area contributed by atoms with Crippen molar-refractivity contribution in [2.75, 3.05) is 0 Å². The second kappa shape index (κ2) is 8.03. The molecule has 0 aromatic heterocycles. The molecule has 2 aliphatic rings. The molecular weight excluding hydrogens is 283 g/mol. The van der Waals surface area contributed by atoms with Gasteiger partial charge in [-0.1, -0.05) is 33.1 Å². The van der Waals surface area contributed by atoms with Crippen LogP contribution in [-0.4, -0.2) is 0 Å². The molecular formula is C16H23Zr. The molecule has 0 aromatic carbocycles. The number of rotatable bonds is 0. The summed E-state index contributed by atoms with van der Waals surface area (Å²) < 4.78 is 0. The van der Waals surface area contributed by atoms with Gasteiger partial charge in [0, 0.05) is 0 Å². The Kier molecular flexibility index (Phi) is 9.07. The van der Waals surface area contributed by atoms with E-state index in [9.17, 15) is 0 Å². The summed E-state index contributed by atoms with van der Waals surface area (Å²) in [6.07, 6.45) is 13.4. The summed E-state index contributed by atoms with van der Waals surface area (Å²) in [6.45, 7) is 10.9. The van der Waals surface area contributed by atoms with Crippen LogP contribution in [-0.2, 0) is 26.2 Å². The van der Waals surface area contributed by atoms with Gasteiger partial charge in [-0.2, -0.15) is 17.2 Å². The normalized spacial score (nSPS) is 19.0. The molecule has 2 aliphatic carbocycles. The van der Waals surface area contributed by atoms with Gasteiger partial charge in [-0.3, -0.25) is 12.2 Å². The van der Waals surface area contributed by atoms with Crippen LogP contribution >= 0.6 is 0 Å². The first-order valence-electron chi connectivity index (χ1n) is 5.47. The largest absolute Gasteiger partial charge is 3.00 e. The predicted molar refractivity (Wildman–Crippen MR) is 72.6 cm³/mol. The fraction of sp³-hybridized carbons (Fsp3) is 0.438. The van der Waals surface area contributed by atoms with Gasteiger partial charge in [0.25, 0.3) is 0 Å². The molecule has 2 rings (SSSR count). The molecule has 91 valence electrons. The van der Waals surface area contributed by atoms with Gasteiger partial charge >= 0.3 is 26.2 Å². The molecule has 17 heavy (non-hydrogen) atoms. The molecule has 0 aromatic rings. The van der Waals surface area contributed by atoms with E-state index in [0.29, 0.717) is 0 Å². The molecule has 1 heteroatoms. The molecule has 0 N–H and O–H groups in total. The van der Waals surface area contributed by atoms with Crippen molar-refractivity contribution in [3.63, 3.8) is 0 Å². The average molecular weight is 307 g/mol. The fourth-order valence-electron chi connectivity index (χ4n) is 1.75. The van der Waals surface area contributed by atoms with Gasteiger partial charge in [0.05, 0.1) is 0 Å². The SMILES string of the molecule is CC1=[C-]C(C)(C)C(C)=C1C.[C-]1=CC=CC1.[CH3-].[Zr+3]. The summed E-state index contributed by atoms with van der Waals surface area (Å²) in [7, 11) is 0. The van der Waals surface area contributed by atoms with E-state index in [1.165, 1.54) is 16.7 Å². The Bertz CT molecular complexity index is 342. The molecule has 0 nitrogen and oxygen atoms in total. The Morgan fingerprint density at radius 2 is 1.76 bits per heavy atom. The zero-order chi connectivity index (χ0) is 11.5. The zero-order valence-electron chi connectivity index (χ0n) is 11.9. The molecule has 0 bridgehead atoms. The Labute approximate surface area is 127 Å². The molecule has 0 aliphatic heterocycles. The van der Waals surface area contributed by atoms with Crippen molar-refractivity contribution in [1.82, 2.24) is 0 Å². The van der Waals surface area contributed by atoms with Gasteiger partial charge < -0.3 is 7.43 Å². The Balaban J connectivity index is 0. The van der Waals surface area contributed by atoms with Crippen LogP contribution in [0.1, 0.15) is 41.0 Å². The molecule has 0 amide bonds. The van der Waals surface area contributed by atoms with Crippen LogP contribution < -0.4 is 0 Å². The van der Waals surface area contributed by atoms with Crippen molar-refractivity contribution in [2.45, 2.75) is 41.0 Å². The van der Waals surface area contributed by atoms with Crippen LogP contribution in [0.4, 0.5) is 0 Å². The quantitative estimate of drug-likeness (QED) is 0.560. The molecule has 0 spiro atoms. The summed E-state index contributed by atoms with van der Waals surface area (Å²) in [5.74, 6) is 0. The van der Waals surface area contributed by atoms with Crippen LogP contribution in [0.2, 0.25) is 0 Å². The van der Waals surface area contributed by atoms with Crippen molar-refractivity contribution in [3.8, 4) is 0 Å². The minimum Gasteiger partial charge on any atom is -0.358 e. The van der Waals surface area contributed by atoms with Crippen molar-refractivity contribution in [3.05, 3.63) is 54.5 Å². The van der Waals surface area contributed by atoms with E-state index >= 15 is 0 Å². The summed E-state index contributed by atoms with van der Waals surface area (Å²) >= 11 is 0. The third kappa shape index (κ3) is 5.34. The summed E-state index contributed by atoms with van der Waals surface area (Å²) in [6, 6.07) is 0. The first-order valence-corrected chi connectivity index (χ1v) is 5.47. The van der Waals surface area contributed by atoms with Crippen LogP contribution in [0.5, 0.6) is 0 Å². The number of allylic oxidation sites excluding steroid dienone is 8. The maximum absolute atomic E-state index is 3.44. The standard InChI is InChI=1S/C10H15.C5H5.CH3.Zr/c1-7-6-10(4,5)9(3)8(7)2;1-2-4-5-3-1;;/h1-5H3;1-3H,4H2;1H3;/q3*-1;+3. The van der Waals surface area contributed by atoms with Crippen LogP contribution in [0.25, 0.3) is 0 Å². The second-order valence-electron chi connectivity index (χ2n) is 4.63. The van der Waals surface area contributed by atoms with Gasteiger partial charge in [-0.15, -0.1) is 13.3 Å². The molecule has 0 atom stereocenters. The topological polar surface area (TPSA) is 0 Å². The van der Waals surface area contributed by atoms with E-state index in [4.69, 9.17) is 0 Å². The molecule has 0 saturated carbocycles. The van der Waals surface area contributed by atoms with Gasteiger partial charge in [-0.05, 0) is 0 Å². The van der Waals surface area contributed by atoms with Crippen molar-refractivity contribution in [1.29, 1.82) is 0 Å². The van der Waals surface area contributed by atoms with E-state index in [1.807, 2.05) is 12.2 Å². The van der Waals surface area contributed by atoms with E-state index in [1.54, 1.807) is 0 Å². The van der Waals surface area contributed by atoms with E-state index < -0.39 is 0 Å². The monoisotopic (exact) mass is 305 g/mol. The third-order valence-electron chi connectivity index (χ3n) is 3.15. The number of hydrogen-bond donors (Lipinski definition) is 0. The minimum atomic E-state index is 0. The van der Waals surface area contributed by atoms with Crippen LogP contribution in [0, 0.1) is 25.0 Å². The Morgan fingerprint density at radius 1 is 1.18 bits per heavy atom. The molecule has 0 heterocycles. The molecule has 0 unspecified atom stereocenters. The van der Waals surface area contributed by atoms with E-state index in [-0.39, 0.29) is 39.0 Å². The van der Waals surface area contributed by atoms with Gasteiger partial charge in [0.2, 0.25) is 0 Å². The minimum absolute atomic E-state index is 0. The van der Waals surface area contributed by atoms with Gasteiger partial charge in [-0.25, -0.2) is 17.7 Å². The summed E-state index contributed by atoms with van der Waals surface area (Å²) in [5, 5.41) is 0. The fourth-order valence-corrected chi connectivity index (χ4v) is 1.75. The molecule has 1 radical (unpaired) electrons. The third-order valence-corrected chi connectivity index (χ3v) is 3.15. The Hall–Kier alpha value is -0.157. The maximum Gasteiger partial charge on any atom is 3.00 e. The zero-order valence-corrected chi connectivity index (χ0v) is 14.4. The van der Waals surface area contributed by atoms with Crippen molar-refractivity contribution in [2.24, 2.45) is 5.41 Å². The van der Waals surface area contributed by atoms with Crippen LogP contribution in [0.3, 0.4) is 0 Å². The van der Waals surface area contributed by atoms with Crippen molar-refractivity contribution >= 4 is 0 Å². The predicted octanol–water partition coefficient (Wildman–Crippen LogP) is 4.87. The van der Waals surface area contributed by atoms with Crippen molar-refractivity contribution < 1.29 is 26.2 Å². The van der Waals surface area contributed by atoms with E-state index in [2.05, 4.69) is 52.8 Å².